The van der Waals surface area contributed by atoms with Crippen LogP contribution in [0.5, 0.6) is 0 Å². The van der Waals surface area contributed by atoms with Crippen LogP contribution in [0.3, 0.4) is 0 Å². The minimum absolute atomic E-state index is 0.442. The number of nitrogens with zero attached hydrogens (tertiary/aromatic N) is 2. The molecule has 0 aliphatic carbocycles. The third-order valence-corrected chi connectivity index (χ3v) is 3.88. The number of fused-ring (bicyclic) bond motifs is 1. The van der Waals surface area contributed by atoms with E-state index in [0.29, 0.717) is 18.4 Å². The molecule has 1 aromatic carbocycles. The van der Waals surface area contributed by atoms with Crippen LogP contribution in [0.25, 0.3) is 0 Å². The lowest BCUT2D eigenvalue weighted by molar-refractivity contribution is 0.172. The van der Waals surface area contributed by atoms with E-state index >= 15 is 0 Å². The quantitative estimate of drug-likeness (QED) is 0.894. The molecule has 0 saturated heterocycles. The van der Waals surface area contributed by atoms with Gasteiger partial charge in [0.25, 0.3) is 0 Å². The Bertz CT molecular complexity index is 462. The van der Waals surface area contributed by atoms with Gasteiger partial charge in [-0.15, -0.1) is 0 Å². The molecule has 2 rings (SSSR count). The highest BCUT2D eigenvalue weighted by Gasteiger charge is 2.24. The number of hydrogen-bond donors (Lipinski definition) is 1. The number of benzene rings is 1. The topological polar surface area (TPSA) is 39.1 Å². The van der Waals surface area contributed by atoms with E-state index in [1.54, 1.807) is 0 Å². The zero-order valence-corrected chi connectivity index (χ0v) is 12.6. The van der Waals surface area contributed by atoms with Crippen molar-refractivity contribution in [2.75, 3.05) is 19.6 Å². The molecule has 0 spiro atoms. The first-order chi connectivity index (χ1) is 9.72. The first kappa shape index (κ1) is 15.0. The van der Waals surface area contributed by atoms with Crippen molar-refractivity contribution in [1.82, 2.24) is 10.2 Å². The van der Waals surface area contributed by atoms with Crippen molar-refractivity contribution in [3.63, 3.8) is 0 Å². The maximum absolute atomic E-state index is 8.91. The second-order valence-electron chi connectivity index (χ2n) is 5.98. The molecule has 0 fully saturated rings. The van der Waals surface area contributed by atoms with E-state index in [0.717, 1.165) is 32.6 Å². The van der Waals surface area contributed by atoms with Crippen LogP contribution in [0.15, 0.2) is 24.3 Å². The molecule has 3 nitrogen and oxygen atoms in total. The second-order valence-corrected chi connectivity index (χ2v) is 5.98. The molecule has 1 atom stereocenters. The van der Waals surface area contributed by atoms with Crippen LogP contribution in [0.4, 0.5) is 0 Å². The molecule has 108 valence electrons. The summed E-state index contributed by atoms with van der Waals surface area (Å²) >= 11 is 0. The van der Waals surface area contributed by atoms with Gasteiger partial charge in [0, 0.05) is 32.1 Å². The molecule has 1 heterocycles. The van der Waals surface area contributed by atoms with E-state index in [-0.39, 0.29) is 0 Å². The molecule has 1 aliphatic rings. The summed E-state index contributed by atoms with van der Waals surface area (Å²) in [6, 6.07) is 11.5. The third kappa shape index (κ3) is 3.82. The monoisotopic (exact) mass is 271 g/mol. The predicted molar refractivity (Wildman–Crippen MR) is 82.1 cm³/mol. The van der Waals surface area contributed by atoms with E-state index in [1.165, 1.54) is 11.1 Å². The van der Waals surface area contributed by atoms with Crippen molar-refractivity contribution in [2.45, 2.75) is 39.3 Å². The second kappa shape index (κ2) is 7.42. The highest BCUT2D eigenvalue weighted by molar-refractivity contribution is 5.31. The average molecular weight is 271 g/mol. The Hall–Kier alpha value is -1.37. The molecule has 0 saturated carbocycles. The molecular formula is C17H25N3. The number of nitriles is 1. The van der Waals surface area contributed by atoms with E-state index in [2.05, 4.69) is 54.4 Å². The molecule has 1 N–H and O–H groups in total. The summed E-state index contributed by atoms with van der Waals surface area (Å²) in [6.07, 6.45) is 1.73. The molecule has 3 heteroatoms. The van der Waals surface area contributed by atoms with Gasteiger partial charge in [0.15, 0.2) is 0 Å². The minimum atomic E-state index is 0.442. The SMILES string of the molecule is CC(C)CN(CCC#N)C1CCNCc2ccccc21. The summed E-state index contributed by atoms with van der Waals surface area (Å²) < 4.78 is 0. The summed E-state index contributed by atoms with van der Waals surface area (Å²) in [5.74, 6) is 0.622. The predicted octanol–water partition coefficient (Wildman–Crippen LogP) is 3.09. The lowest BCUT2D eigenvalue weighted by Crippen LogP contribution is -2.34. The van der Waals surface area contributed by atoms with Crippen LogP contribution in [0, 0.1) is 17.2 Å². The molecule has 0 aromatic heterocycles. The standard InChI is InChI=1S/C17H25N3/c1-14(2)13-20(11-5-9-18)17-8-10-19-12-15-6-3-4-7-16(15)17/h3-4,6-7,14,17,19H,5,8,10-13H2,1-2H3. The van der Waals surface area contributed by atoms with Gasteiger partial charge in [-0.1, -0.05) is 38.1 Å². The van der Waals surface area contributed by atoms with Gasteiger partial charge in [-0.2, -0.15) is 5.26 Å². The largest absolute Gasteiger partial charge is 0.313 e. The summed E-state index contributed by atoms with van der Waals surface area (Å²) in [6.45, 7) is 8.43. The van der Waals surface area contributed by atoms with Gasteiger partial charge < -0.3 is 5.32 Å². The maximum atomic E-state index is 8.91. The summed E-state index contributed by atoms with van der Waals surface area (Å²) in [5, 5.41) is 12.4. The smallest absolute Gasteiger partial charge is 0.0635 e. The van der Waals surface area contributed by atoms with Crippen molar-refractivity contribution in [2.24, 2.45) is 5.92 Å². The number of rotatable bonds is 5. The van der Waals surface area contributed by atoms with Crippen molar-refractivity contribution in [3.05, 3.63) is 35.4 Å². The van der Waals surface area contributed by atoms with Gasteiger partial charge in [0.1, 0.15) is 0 Å². The van der Waals surface area contributed by atoms with Crippen molar-refractivity contribution in [1.29, 1.82) is 5.26 Å². The van der Waals surface area contributed by atoms with E-state index in [1.807, 2.05) is 0 Å². The van der Waals surface area contributed by atoms with Gasteiger partial charge in [-0.3, -0.25) is 4.90 Å². The normalized spacial score (nSPS) is 18.6. The van der Waals surface area contributed by atoms with Crippen LogP contribution >= 0.6 is 0 Å². The van der Waals surface area contributed by atoms with Crippen LogP contribution < -0.4 is 5.32 Å². The van der Waals surface area contributed by atoms with Crippen molar-refractivity contribution >= 4 is 0 Å². The highest BCUT2D eigenvalue weighted by atomic mass is 15.2. The molecule has 1 aliphatic heterocycles. The Labute approximate surface area is 122 Å². The average Bonchev–Trinajstić information content (AvgIpc) is 2.65. The molecule has 20 heavy (non-hydrogen) atoms. The fraction of sp³-hybridized carbons (Fsp3) is 0.588. The van der Waals surface area contributed by atoms with Crippen molar-refractivity contribution in [3.8, 4) is 6.07 Å². The van der Waals surface area contributed by atoms with Gasteiger partial charge in [-0.25, -0.2) is 0 Å². The first-order valence-corrected chi connectivity index (χ1v) is 7.62. The van der Waals surface area contributed by atoms with E-state index in [9.17, 15) is 0 Å². The van der Waals surface area contributed by atoms with Gasteiger partial charge in [0.05, 0.1) is 6.07 Å². The molecule has 0 bridgehead atoms. The Morgan fingerprint density at radius 2 is 2.20 bits per heavy atom. The molecular weight excluding hydrogens is 246 g/mol. The zero-order valence-electron chi connectivity index (χ0n) is 12.6. The summed E-state index contributed by atoms with van der Waals surface area (Å²) in [5.41, 5.74) is 2.84. The van der Waals surface area contributed by atoms with Crippen molar-refractivity contribution < 1.29 is 0 Å². The number of hydrogen-bond acceptors (Lipinski definition) is 3. The van der Waals surface area contributed by atoms with Crippen LogP contribution in [0.1, 0.15) is 43.9 Å². The Morgan fingerprint density at radius 1 is 1.40 bits per heavy atom. The van der Waals surface area contributed by atoms with Gasteiger partial charge in [-0.05, 0) is 30.0 Å². The lowest BCUT2D eigenvalue weighted by Gasteiger charge is -2.33. The number of nitrogens with one attached hydrogen (secondary N) is 1. The first-order valence-electron chi connectivity index (χ1n) is 7.62. The Kier molecular flexibility index (Phi) is 5.58. The van der Waals surface area contributed by atoms with Gasteiger partial charge in [0.2, 0.25) is 0 Å². The fourth-order valence-corrected chi connectivity index (χ4v) is 3.05. The lowest BCUT2D eigenvalue weighted by atomic mass is 9.97. The third-order valence-electron chi connectivity index (χ3n) is 3.88. The minimum Gasteiger partial charge on any atom is -0.313 e. The summed E-state index contributed by atoms with van der Waals surface area (Å²) in [4.78, 5) is 2.50. The highest BCUT2D eigenvalue weighted by Crippen LogP contribution is 2.29. The van der Waals surface area contributed by atoms with Crippen LogP contribution in [0.2, 0.25) is 0 Å². The zero-order chi connectivity index (χ0) is 14.4. The fourth-order valence-electron chi connectivity index (χ4n) is 3.05. The molecule has 1 unspecified atom stereocenters. The maximum Gasteiger partial charge on any atom is 0.0635 e. The van der Waals surface area contributed by atoms with Crippen LogP contribution in [-0.2, 0) is 6.54 Å². The van der Waals surface area contributed by atoms with Crippen LogP contribution in [-0.4, -0.2) is 24.5 Å². The molecule has 1 aromatic rings. The Balaban J connectivity index is 2.24. The summed E-state index contributed by atoms with van der Waals surface area (Å²) in [7, 11) is 0. The molecule has 0 radical (unpaired) electrons. The van der Waals surface area contributed by atoms with Gasteiger partial charge >= 0.3 is 0 Å². The van der Waals surface area contributed by atoms with E-state index < -0.39 is 0 Å². The Morgan fingerprint density at radius 3 is 2.95 bits per heavy atom. The van der Waals surface area contributed by atoms with E-state index in [4.69, 9.17) is 5.26 Å². The molecule has 0 amide bonds.